The molecule has 1 aliphatic rings. The zero-order valence-electron chi connectivity index (χ0n) is 14.3. The molecule has 1 fully saturated rings. The van der Waals surface area contributed by atoms with E-state index in [0.717, 1.165) is 53.5 Å². The van der Waals surface area contributed by atoms with Gasteiger partial charge in [0.25, 0.3) is 0 Å². The summed E-state index contributed by atoms with van der Waals surface area (Å²) in [5.41, 5.74) is 3.82. The van der Waals surface area contributed by atoms with Gasteiger partial charge in [-0.05, 0) is 72.0 Å². The van der Waals surface area contributed by atoms with Crippen molar-refractivity contribution in [3.63, 3.8) is 0 Å². The van der Waals surface area contributed by atoms with E-state index < -0.39 is 5.82 Å². The van der Waals surface area contributed by atoms with Gasteiger partial charge in [0.2, 0.25) is 0 Å². The van der Waals surface area contributed by atoms with Crippen molar-refractivity contribution in [2.45, 2.75) is 38.8 Å². The topological polar surface area (TPSA) is 34.4 Å². The van der Waals surface area contributed by atoms with Crippen molar-refractivity contribution in [1.29, 1.82) is 0 Å². The fourth-order valence-corrected chi connectivity index (χ4v) is 3.68. The minimum atomic E-state index is -0.585. The first-order valence-electron chi connectivity index (χ1n) is 8.91. The summed E-state index contributed by atoms with van der Waals surface area (Å²) in [6.45, 7) is 2.81. The Labute approximate surface area is 146 Å². The summed E-state index contributed by atoms with van der Waals surface area (Å²) in [7, 11) is 0. The van der Waals surface area contributed by atoms with Crippen LogP contribution in [0.5, 0.6) is 5.75 Å². The third-order valence-corrected chi connectivity index (χ3v) is 5.05. The molecule has 2 aromatic carbocycles. The number of aryl methyl sites for hydroxylation is 1. The molecule has 3 nitrogen and oxygen atoms in total. The molecular weight excluding hydrogens is 317 g/mol. The van der Waals surface area contributed by atoms with E-state index in [1.54, 1.807) is 0 Å². The van der Waals surface area contributed by atoms with Crippen molar-refractivity contribution >= 4 is 10.9 Å². The lowest BCUT2D eigenvalue weighted by Crippen LogP contribution is -2.17. The van der Waals surface area contributed by atoms with E-state index in [2.05, 4.69) is 29.0 Å². The number of fused-ring (bicyclic) bond motifs is 1. The Balaban J connectivity index is 1.82. The number of phenols is 1. The average Bonchev–Trinajstić information content (AvgIpc) is 3.07. The number of benzene rings is 2. The van der Waals surface area contributed by atoms with Crippen LogP contribution in [-0.2, 0) is 11.2 Å². The fraction of sp³-hybridized carbons (Fsp3) is 0.333. The molecule has 1 N–H and O–H groups in total. The quantitative estimate of drug-likeness (QED) is 0.692. The Bertz CT molecular complexity index is 910. The van der Waals surface area contributed by atoms with Crippen LogP contribution in [0.15, 0.2) is 42.6 Å². The van der Waals surface area contributed by atoms with Crippen LogP contribution >= 0.6 is 0 Å². The highest BCUT2D eigenvalue weighted by Gasteiger charge is 2.18. The van der Waals surface area contributed by atoms with E-state index in [0.29, 0.717) is 0 Å². The van der Waals surface area contributed by atoms with Crippen molar-refractivity contribution in [2.75, 3.05) is 6.61 Å². The predicted octanol–water partition coefficient (Wildman–Crippen LogP) is 5.41. The number of aromatic hydroxyl groups is 1. The molecule has 0 radical (unpaired) electrons. The summed E-state index contributed by atoms with van der Waals surface area (Å²) >= 11 is 0. The Morgan fingerprint density at radius 3 is 2.84 bits per heavy atom. The molecule has 0 spiro atoms. The van der Waals surface area contributed by atoms with Crippen LogP contribution in [0.2, 0.25) is 0 Å². The maximum absolute atomic E-state index is 13.9. The molecule has 4 rings (SSSR count). The number of aromatic nitrogens is 1. The van der Waals surface area contributed by atoms with Gasteiger partial charge in [-0.3, -0.25) is 0 Å². The molecule has 0 saturated carbocycles. The van der Waals surface area contributed by atoms with E-state index in [4.69, 9.17) is 4.74 Å². The SMILES string of the molecule is CCc1cc(O)c(F)cc1-c1ccc2ccn(C3CCCCO3)c2c1. The van der Waals surface area contributed by atoms with Crippen LogP contribution < -0.4 is 0 Å². The summed E-state index contributed by atoms with van der Waals surface area (Å²) in [5, 5.41) is 10.8. The molecule has 1 saturated heterocycles. The van der Waals surface area contributed by atoms with E-state index >= 15 is 0 Å². The first kappa shape index (κ1) is 16.2. The third kappa shape index (κ3) is 2.91. The normalized spacial score (nSPS) is 17.9. The van der Waals surface area contributed by atoms with E-state index in [9.17, 15) is 9.50 Å². The van der Waals surface area contributed by atoms with Crippen molar-refractivity contribution in [3.05, 3.63) is 54.0 Å². The number of nitrogens with zero attached hydrogens (tertiary/aromatic N) is 1. The summed E-state index contributed by atoms with van der Waals surface area (Å²) in [6.07, 6.45) is 6.18. The van der Waals surface area contributed by atoms with Crippen LogP contribution in [0.3, 0.4) is 0 Å². The van der Waals surface area contributed by atoms with Crippen molar-refractivity contribution < 1.29 is 14.2 Å². The molecular formula is C21H22FNO2. The zero-order chi connectivity index (χ0) is 17.4. The van der Waals surface area contributed by atoms with Gasteiger partial charge in [-0.25, -0.2) is 4.39 Å². The van der Waals surface area contributed by atoms with Gasteiger partial charge in [-0.1, -0.05) is 19.1 Å². The second-order valence-electron chi connectivity index (χ2n) is 6.63. The first-order chi connectivity index (χ1) is 12.2. The number of ether oxygens (including phenoxy) is 1. The second-order valence-corrected chi connectivity index (χ2v) is 6.63. The lowest BCUT2D eigenvalue weighted by atomic mass is 9.97. The second kappa shape index (κ2) is 6.52. The summed E-state index contributed by atoms with van der Waals surface area (Å²) in [6, 6.07) is 11.2. The summed E-state index contributed by atoms with van der Waals surface area (Å²) in [5.74, 6) is -0.876. The lowest BCUT2D eigenvalue weighted by Gasteiger charge is -2.25. The highest BCUT2D eigenvalue weighted by molar-refractivity contribution is 5.86. The highest BCUT2D eigenvalue weighted by atomic mass is 19.1. The Hall–Kier alpha value is -2.33. The van der Waals surface area contributed by atoms with E-state index in [1.165, 1.54) is 18.6 Å². The standard InChI is InChI=1S/C21H22FNO2/c1-2-14-12-20(24)18(22)13-17(14)16-7-6-15-8-9-23(19(15)11-16)21-5-3-4-10-25-21/h6-9,11-13,21,24H,2-5,10H2,1H3. The molecule has 1 unspecified atom stereocenters. The van der Waals surface area contributed by atoms with Crippen LogP contribution in [0.1, 0.15) is 38.0 Å². The zero-order valence-corrected chi connectivity index (χ0v) is 14.3. The van der Waals surface area contributed by atoms with E-state index in [1.807, 2.05) is 13.0 Å². The van der Waals surface area contributed by atoms with Gasteiger partial charge >= 0.3 is 0 Å². The highest BCUT2D eigenvalue weighted by Crippen LogP contribution is 2.34. The van der Waals surface area contributed by atoms with Crippen LogP contribution in [0.25, 0.3) is 22.0 Å². The van der Waals surface area contributed by atoms with Gasteiger partial charge < -0.3 is 14.4 Å². The van der Waals surface area contributed by atoms with E-state index in [-0.39, 0.29) is 12.0 Å². The Kier molecular flexibility index (Phi) is 4.22. The van der Waals surface area contributed by atoms with Crippen LogP contribution in [0, 0.1) is 5.82 Å². The molecule has 1 aliphatic heterocycles. The minimum absolute atomic E-state index is 0.0729. The van der Waals surface area contributed by atoms with Crippen molar-refractivity contribution in [2.24, 2.45) is 0 Å². The predicted molar refractivity (Wildman–Crippen MR) is 97.2 cm³/mol. The molecule has 3 aromatic rings. The van der Waals surface area contributed by atoms with Gasteiger partial charge in [0, 0.05) is 12.8 Å². The van der Waals surface area contributed by atoms with Crippen LogP contribution in [-0.4, -0.2) is 16.3 Å². The lowest BCUT2D eigenvalue weighted by molar-refractivity contribution is -0.0291. The molecule has 1 aromatic heterocycles. The van der Waals surface area contributed by atoms with Crippen LogP contribution in [0.4, 0.5) is 4.39 Å². The number of hydrogen-bond acceptors (Lipinski definition) is 2. The average molecular weight is 339 g/mol. The first-order valence-corrected chi connectivity index (χ1v) is 8.91. The molecule has 2 heterocycles. The molecule has 4 heteroatoms. The molecule has 1 atom stereocenters. The maximum Gasteiger partial charge on any atom is 0.165 e. The van der Waals surface area contributed by atoms with Gasteiger partial charge in [0.05, 0.1) is 5.52 Å². The van der Waals surface area contributed by atoms with Crippen molar-refractivity contribution in [3.8, 4) is 16.9 Å². The monoisotopic (exact) mass is 339 g/mol. The van der Waals surface area contributed by atoms with Gasteiger partial charge in [-0.2, -0.15) is 0 Å². The van der Waals surface area contributed by atoms with Gasteiger partial charge in [-0.15, -0.1) is 0 Å². The smallest absolute Gasteiger partial charge is 0.165 e. The maximum atomic E-state index is 13.9. The molecule has 0 bridgehead atoms. The number of halogens is 1. The van der Waals surface area contributed by atoms with Crippen molar-refractivity contribution in [1.82, 2.24) is 4.57 Å². The molecule has 0 amide bonds. The third-order valence-electron chi connectivity index (χ3n) is 5.05. The van der Waals surface area contributed by atoms with Gasteiger partial charge in [0.15, 0.2) is 11.6 Å². The largest absolute Gasteiger partial charge is 0.505 e. The Morgan fingerprint density at radius 2 is 2.08 bits per heavy atom. The number of hydrogen-bond donors (Lipinski definition) is 1. The number of phenolic OH excluding ortho intramolecular Hbond substituents is 1. The Morgan fingerprint density at radius 1 is 1.20 bits per heavy atom. The molecule has 25 heavy (non-hydrogen) atoms. The minimum Gasteiger partial charge on any atom is -0.505 e. The summed E-state index contributed by atoms with van der Waals surface area (Å²) < 4.78 is 22.0. The molecule has 0 aliphatic carbocycles. The summed E-state index contributed by atoms with van der Waals surface area (Å²) in [4.78, 5) is 0. The molecule has 130 valence electrons. The fourth-order valence-electron chi connectivity index (χ4n) is 3.68. The number of rotatable bonds is 3. The van der Waals surface area contributed by atoms with Gasteiger partial charge in [0.1, 0.15) is 6.23 Å².